The molecule has 6 heteroatoms. The molecule has 1 aromatic carbocycles. The van der Waals surface area contributed by atoms with Gasteiger partial charge in [0, 0.05) is 11.6 Å². The van der Waals surface area contributed by atoms with Gasteiger partial charge in [-0.1, -0.05) is 31.0 Å². The van der Waals surface area contributed by atoms with E-state index >= 15 is 0 Å². The van der Waals surface area contributed by atoms with Gasteiger partial charge in [-0.2, -0.15) is 5.10 Å². The second-order valence-corrected chi connectivity index (χ2v) is 4.68. The maximum absolute atomic E-state index is 13.3. The first-order valence-electron chi connectivity index (χ1n) is 6.55. The van der Waals surface area contributed by atoms with Gasteiger partial charge in [-0.3, -0.25) is 9.59 Å². The zero-order valence-electron chi connectivity index (χ0n) is 10.9. The van der Waals surface area contributed by atoms with Gasteiger partial charge in [0.25, 0.3) is 0 Å². The number of halogens is 1. The molecule has 106 valence electrons. The Balaban J connectivity index is 1.82. The smallest absolute Gasteiger partial charge is 0.329 e. The lowest BCUT2D eigenvalue weighted by molar-refractivity contribution is -0.139. The summed E-state index contributed by atoms with van der Waals surface area (Å²) in [7, 11) is 0. The summed E-state index contributed by atoms with van der Waals surface area (Å²) in [5.74, 6) is -1.99. The highest BCUT2D eigenvalue weighted by molar-refractivity contribution is 6.35. The van der Waals surface area contributed by atoms with Crippen LogP contribution < -0.4 is 10.7 Å². The van der Waals surface area contributed by atoms with Crippen molar-refractivity contribution in [1.29, 1.82) is 0 Å². The summed E-state index contributed by atoms with van der Waals surface area (Å²) in [6, 6.07) is 6.09. The maximum Gasteiger partial charge on any atom is 0.329 e. The molecule has 0 radical (unpaired) electrons. The van der Waals surface area contributed by atoms with E-state index < -0.39 is 17.6 Å². The Kier molecular flexibility index (Phi) is 4.81. The topological polar surface area (TPSA) is 70.6 Å². The molecule has 1 saturated carbocycles. The Hall–Kier alpha value is -2.24. The highest BCUT2D eigenvalue weighted by Crippen LogP contribution is 2.17. The van der Waals surface area contributed by atoms with Crippen LogP contribution in [0.3, 0.4) is 0 Å². The molecule has 1 fully saturated rings. The molecule has 0 spiro atoms. The van der Waals surface area contributed by atoms with Crippen LogP contribution >= 0.6 is 0 Å². The predicted octanol–water partition coefficient (Wildman–Crippen LogP) is 1.33. The molecule has 0 saturated heterocycles. The molecule has 2 N–H and O–H groups in total. The second-order valence-electron chi connectivity index (χ2n) is 4.68. The number of carbonyl (C=O) groups is 2. The predicted molar refractivity (Wildman–Crippen MR) is 72.5 cm³/mol. The number of amides is 2. The number of nitrogens with one attached hydrogen (secondary N) is 2. The van der Waals surface area contributed by atoms with Crippen LogP contribution in [0.5, 0.6) is 0 Å². The van der Waals surface area contributed by atoms with Gasteiger partial charge in [0.05, 0.1) is 6.21 Å². The van der Waals surface area contributed by atoms with Crippen molar-refractivity contribution in [3.05, 3.63) is 35.6 Å². The normalized spacial score (nSPS) is 15.4. The first-order chi connectivity index (χ1) is 9.66. The molecule has 0 aromatic heterocycles. The van der Waals surface area contributed by atoms with Gasteiger partial charge < -0.3 is 5.32 Å². The Labute approximate surface area is 116 Å². The van der Waals surface area contributed by atoms with E-state index in [1.807, 2.05) is 0 Å². The third-order valence-corrected chi connectivity index (χ3v) is 3.17. The van der Waals surface area contributed by atoms with Gasteiger partial charge in [-0.05, 0) is 18.9 Å². The van der Waals surface area contributed by atoms with Crippen molar-refractivity contribution in [2.24, 2.45) is 5.10 Å². The zero-order valence-corrected chi connectivity index (χ0v) is 10.9. The molecule has 2 rings (SSSR count). The van der Waals surface area contributed by atoms with Crippen molar-refractivity contribution >= 4 is 18.0 Å². The van der Waals surface area contributed by atoms with E-state index in [0.717, 1.165) is 31.9 Å². The van der Waals surface area contributed by atoms with Crippen LogP contribution in [0.4, 0.5) is 4.39 Å². The van der Waals surface area contributed by atoms with E-state index in [1.165, 1.54) is 12.1 Å². The van der Waals surface area contributed by atoms with Crippen LogP contribution in [-0.4, -0.2) is 24.1 Å². The fourth-order valence-electron chi connectivity index (χ4n) is 2.11. The molecule has 2 amide bonds. The van der Waals surface area contributed by atoms with E-state index in [1.54, 1.807) is 12.1 Å². The van der Waals surface area contributed by atoms with E-state index in [0.29, 0.717) is 0 Å². The van der Waals surface area contributed by atoms with Crippen molar-refractivity contribution in [3.63, 3.8) is 0 Å². The van der Waals surface area contributed by atoms with Crippen LogP contribution in [0, 0.1) is 5.82 Å². The molecule has 0 bridgehead atoms. The minimum atomic E-state index is -0.843. The first-order valence-corrected chi connectivity index (χ1v) is 6.55. The van der Waals surface area contributed by atoms with Crippen LogP contribution in [0.25, 0.3) is 0 Å². The van der Waals surface area contributed by atoms with Gasteiger partial charge in [-0.25, -0.2) is 9.82 Å². The van der Waals surface area contributed by atoms with Gasteiger partial charge in [0.1, 0.15) is 5.82 Å². The molecule has 0 aliphatic heterocycles. The van der Waals surface area contributed by atoms with Gasteiger partial charge in [-0.15, -0.1) is 0 Å². The van der Waals surface area contributed by atoms with Gasteiger partial charge >= 0.3 is 11.8 Å². The molecule has 1 aromatic rings. The Morgan fingerprint density at radius 2 is 1.90 bits per heavy atom. The molecule has 0 atom stereocenters. The second kappa shape index (κ2) is 6.79. The zero-order chi connectivity index (χ0) is 14.4. The Morgan fingerprint density at radius 1 is 1.20 bits per heavy atom. The lowest BCUT2D eigenvalue weighted by Crippen LogP contribution is -2.42. The van der Waals surface area contributed by atoms with Crippen LogP contribution in [0.2, 0.25) is 0 Å². The third-order valence-electron chi connectivity index (χ3n) is 3.17. The summed E-state index contributed by atoms with van der Waals surface area (Å²) in [5.41, 5.74) is 2.32. The SMILES string of the molecule is O=C(N/N=C\c1ccccc1F)C(=O)NC1CCCC1. The molecule has 20 heavy (non-hydrogen) atoms. The molecule has 0 unspecified atom stereocenters. The van der Waals surface area contributed by atoms with Crippen LogP contribution in [0.15, 0.2) is 29.4 Å². The van der Waals surface area contributed by atoms with E-state index in [2.05, 4.69) is 15.8 Å². The average molecular weight is 277 g/mol. The lowest BCUT2D eigenvalue weighted by Gasteiger charge is -2.10. The molecule has 5 nitrogen and oxygen atoms in total. The minimum absolute atomic E-state index is 0.0730. The molecule has 1 aliphatic rings. The first kappa shape index (κ1) is 14.2. The Morgan fingerprint density at radius 3 is 2.60 bits per heavy atom. The van der Waals surface area contributed by atoms with Crippen LogP contribution in [0.1, 0.15) is 31.2 Å². The maximum atomic E-state index is 13.3. The number of hydrazone groups is 1. The largest absolute Gasteiger partial charge is 0.345 e. The summed E-state index contributed by atoms with van der Waals surface area (Å²) in [4.78, 5) is 23.0. The number of nitrogens with zero attached hydrogens (tertiary/aromatic N) is 1. The highest BCUT2D eigenvalue weighted by Gasteiger charge is 2.20. The van der Waals surface area contributed by atoms with Crippen molar-refractivity contribution in [2.75, 3.05) is 0 Å². The molecular formula is C14H16FN3O2. The monoisotopic (exact) mass is 277 g/mol. The van der Waals surface area contributed by atoms with Crippen molar-refractivity contribution in [2.45, 2.75) is 31.7 Å². The fraction of sp³-hybridized carbons (Fsp3) is 0.357. The molecule has 0 heterocycles. The number of carbonyl (C=O) groups excluding carboxylic acids is 2. The summed E-state index contributed by atoms with van der Waals surface area (Å²) in [6.07, 6.45) is 5.10. The summed E-state index contributed by atoms with van der Waals surface area (Å²) >= 11 is 0. The van der Waals surface area contributed by atoms with Crippen molar-refractivity contribution in [1.82, 2.24) is 10.7 Å². The highest BCUT2D eigenvalue weighted by atomic mass is 19.1. The molecular weight excluding hydrogens is 261 g/mol. The lowest BCUT2D eigenvalue weighted by atomic mass is 10.2. The van der Waals surface area contributed by atoms with Crippen molar-refractivity contribution in [3.8, 4) is 0 Å². The third kappa shape index (κ3) is 3.88. The average Bonchev–Trinajstić information content (AvgIpc) is 2.93. The van der Waals surface area contributed by atoms with E-state index in [4.69, 9.17) is 0 Å². The molecule has 1 aliphatic carbocycles. The summed E-state index contributed by atoms with van der Waals surface area (Å²) in [5, 5.41) is 6.21. The van der Waals surface area contributed by atoms with Crippen LogP contribution in [-0.2, 0) is 9.59 Å². The summed E-state index contributed by atoms with van der Waals surface area (Å²) in [6.45, 7) is 0. The van der Waals surface area contributed by atoms with E-state index in [-0.39, 0.29) is 11.6 Å². The number of benzene rings is 1. The number of rotatable bonds is 3. The Bertz CT molecular complexity index is 525. The van der Waals surface area contributed by atoms with E-state index in [9.17, 15) is 14.0 Å². The number of hydrogen-bond donors (Lipinski definition) is 2. The van der Waals surface area contributed by atoms with Gasteiger partial charge in [0.15, 0.2) is 0 Å². The quantitative estimate of drug-likeness (QED) is 0.497. The van der Waals surface area contributed by atoms with Crippen molar-refractivity contribution < 1.29 is 14.0 Å². The summed E-state index contributed by atoms with van der Waals surface area (Å²) < 4.78 is 13.3. The minimum Gasteiger partial charge on any atom is -0.345 e. The fourth-order valence-corrected chi connectivity index (χ4v) is 2.11. The number of hydrogen-bond acceptors (Lipinski definition) is 3. The van der Waals surface area contributed by atoms with Gasteiger partial charge in [0.2, 0.25) is 0 Å². The standard InChI is InChI=1S/C14H16FN3O2/c15-12-8-4-1-5-10(12)9-16-18-14(20)13(19)17-11-6-2-3-7-11/h1,4-5,8-9,11H,2-3,6-7H2,(H,17,19)(H,18,20)/b16-9-.